The minimum Gasteiger partial charge on any atom is -0.497 e. The van der Waals surface area contributed by atoms with Crippen molar-refractivity contribution in [3.05, 3.63) is 72.0 Å². The van der Waals surface area contributed by atoms with Crippen LogP contribution in [0.4, 0.5) is 10.8 Å². The third kappa shape index (κ3) is 4.63. The fourth-order valence-electron chi connectivity index (χ4n) is 3.16. The predicted molar refractivity (Wildman–Crippen MR) is 128 cm³/mol. The molecule has 0 fully saturated rings. The van der Waals surface area contributed by atoms with Crippen LogP contribution in [0.5, 0.6) is 11.5 Å². The Hall–Kier alpha value is -3.30. The SMILES string of the molecule is COc1ccc(-n2ccnc2SCc2csc(N(C(C)=O)c3ccccc3OC)n2)cc1. The first-order valence-electron chi connectivity index (χ1n) is 9.79. The number of thiazole rings is 1. The molecule has 0 N–H and O–H groups in total. The number of anilines is 2. The second kappa shape index (κ2) is 9.88. The third-order valence-corrected chi connectivity index (χ3v) is 6.55. The molecule has 0 bridgehead atoms. The maximum atomic E-state index is 12.4. The summed E-state index contributed by atoms with van der Waals surface area (Å²) in [6, 6.07) is 15.2. The van der Waals surface area contributed by atoms with E-state index in [-0.39, 0.29) is 5.91 Å². The number of hydrogen-bond donors (Lipinski definition) is 0. The molecule has 0 saturated heterocycles. The summed E-state index contributed by atoms with van der Waals surface area (Å²) in [7, 11) is 3.24. The molecule has 32 heavy (non-hydrogen) atoms. The first-order valence-corrected chi connectivity index (χ1v) is 11.7. The van der Waals surface area contributed by atoms with Crippen LogP contribution >= 0.6 is 23.1 Å². The van der Waals surface area contributed by atoms with Crippen molar-refractivity contribution < 1.29 is 14.3 Å². The van der Waals surface area contributed by atoms with Gasteiger partial charge in [-0.3, -0.25) is 14.3 Å². The number of hydrogen-bond acceptors (Lipinski definition) is 7. The van der Waals surface area contributed by atoms with Gasteiger partial charge in [-0.1, -0.05) is 23.9 Å². The first-order chi connectivity index (χ1) is 15.6. The van der Waals surface area contributed by atoms with Crippen LogP contribution in [0.2, 0.25) is 0 Å². The number of para-hydroxylation sites is 2. The fourth-order valence-corrected chi connectivity index (χ4v) is 5.01. The molecular formula is C23H22N4O3S2. The molecule has 0 aliphatic heterocycles. The van der Waals surface area contributed by atoms with Gasteiger partial charge in [0.25, 0.3) is 0 Å². The monoisotopic (exact) mass is 466 g/mol. The molecule has 2 aromatic carbocycles. The van der Waals surface area contributed by atoms with E-state index >= 15 is 0 Å². The van der Waals surface area contributed by atoms with Gasteiger partial charge < -0.3 is 9.47 Å². The van der Waals surface area contributed by atoms with Gasteiger partial charge in [0.1, 0.15) is 11.5 Å². The Morgan fingerprint density at radius 2 is 1.91 bits per heavy atom. The third-order valence-electron chi connectivity index (χ3n) is 4.68. The standard InChI is InChI=1S/C23H22N4O3S2/c1-16(28)27(20-6-4-5-7-21(20)30-3)23-25-17(15-32-23)14-31-22-24-12-13-26(22)18-8-10-19(29-2)11-9-18/h4-13,15H,14H2,1-3H3. The van der Waals surface area contributed by atoms with E-state index in [1.165, 1.54) is 18.3 Å². The number of rotatable bonds is 8. The van der Waals surface area contributed by atoms with Crippen molar-refractivity contribution in [2.45, 2.75) is 17.8 Å². The van der Waals surface area contributed by atoms with E-state index in [1.54, 1.807) is 37.1 Å². The van der Waals surface area contributed by atoms with Crippen molar-refractivity contribution in [3.8, 4) is 17.2 Å². The molecule has 0 aliphatic carbocycles. The van der Waals surface area contributed by atoms with Crippen molar-refractivity contribution in [1.29, 1.82) is 0 Å². The number of amides is 1. The molecule has 9 heteroatoms. The lowest BCUT2D eigenvalue weighted by atomic mass is 10.2. The number of benzene rings is 2. The molecule has 1 amide bonds. The lowest BCUT2D eigenvalue weighted by molar-refractivity contribution is -0.115. The van der Waals surface area contributed by atoms with Gasteiger partial charge in [-0.25, -0.2) is 9.97 Å². The largest absolute Gasteiger partial charge is 0.497 e. The predicted octanol–water partition coefficient (Wildman–Crippen LogP) is 5.32. The molecule has 164 valence electrons. The summed E-state index contributed by atoms with van der Waals surface area (Å²) < 4.78 is 12.7. The van der Waals surface area contributed by atoms with E-state index in [2.05, 4.69) is 4.98 Å². The van der Waals surface area contributed by atoms with Crippen LogP contribution < -0.4 is 14.4 Å². The van der Waals surface area contributed by atoms with Crippen molar-refractivity contribution in [2.24, 2.45) is 0 Å². The van der Waals surface area contributed by atoms with Gasteiger partial charge in [-0.15, -0.1) is 11.3 Å². The van der Waals surface area contributed by atoms with Gasteiger partial charge in [0.15, 0.2) is 10.3 Å². The van der Waals surface area contributed by atoms with Crippen LogP contribution in [0.25, 0.3) is 5.69 Å². The van der Waals surface area contributed by atoms with E-state index in [0.717, 1.165) is 22.3 Å². The Morgan fingerprint density at radius 3 is 2.62 bits per heavy atom. The number of aromatic nitrogens is 3. The molecule has 0 unspecified atom stereocenters. The van der Waals surface area contributed by atoms with E-state index in [1.807, 2.05) is 64.7 Å². The molecule has 0 saturated carbocycles. The summed E-state index contributed by atoms with van der Waals surface area (Å²) in [5, 5.41) is 3.43. The molecule has 0 spiro atoms. The second-order valence-corrected chi connectivity index (χ2v) is 8.49. The highest BCUT2D eigenvalue weighted by Gasteiger charge is 2.21. The Bertz CT molecular complexity index is 1200. The normalized spacial score (nSPS) is 10.7. The van der Waals surface area contributed by atoms with Gasteiger partial charge in [0.2, 0.25) is 5.91 Å². The maximum Gasteiger partial charge on any atom is 0.230 e. The van der Waals surface area contributed by atoms with Crippen LogP contribution in [0.1, 0.15) is 12.6 Å². The minimum atomic E-state index is -0.127. The molecule has 4 rings (SSSR count). The van der Waals surface area contributed by atoms with Crippen molar-refractivity contribution >= 4 is 39.8 Å². The Balaban J connectivity index is 1.52. The van der Waals surface area contributed by atoms with E-state index in [9.17, 15) is 4.79 Å². The average Bonchev–Trinajstić information content (AvgIpc) is 3.47. The van der Waals surface area contributed by atoms with Gasteiger partial charge in [0.05, 0.1) is 25.6 Å². The Morgan fingerprint density at radius 1 is 1.12 bits per heavy atom. The van der Waals surface area contributed by atoms with Gasteiger partial charge in [-0.2, -0.15) is 0 Å². The topological polar surface area (TPSA) is 69.5 Å². The van der Waals surface area contributed by atoms with Crippen LogP contribution in [0, 0.1) is 0 Å². The number of imidazole rings is 1. The summed E-state index contributed by atoms with van der Waals surface area (Å²) in [6.45, 7) is 1.52. The molecule has 0 atom stereocenters. The lowest BCUT2D eigenvalue weighted by Gasteiger charge is -2.20. The summed E-state index contributed by atoms with van der Waals surface area (Å²) in [6.07, 6.45) is 3.70. The highest BCUT2D eigenvalue weighted by Crippen LogP contribution is 2.36. The van der Waals surface area contributed by atoms with E-state index in [4.69, 9.17) is 14.5 Å². The molecule has 0 radical (unpaired) electrons. The maximum absolute atomic E-state index is 12.4. The lowest BCUT2D eigenvalue weighted by Crippen LogP contribution is -2.23. The summed E-state index contributed by atoms with van der Waals surface area (Å²) in [5.74, 6) is 1.93. The number of methoxy groups -OCH3 is 2. The van der Waals surface area contributed by atoms with Crippen molar-refractivity contribution in [1.82, 2.24) is 14.5 Å². The van der Waals surface area contributed by atoms with Gasteiger partial charge in [-0.05, 0) is 36.4 Å². The Kier molecular flexibility index (Phi) is 6.77. The quantitative estimate of drug-likeness (QED) is 0.327. The van der Waals surface area contributed by atoms with Gasteiger partial charge in [0, 0.05) is 36.1 Å². The zero-order chi connectivity index (χ0) is 22.5. The molecule has 2 heterocycles. The zero-order valence-electron chi connectivity index (χ0n) is 17.9. The summed E-state index contributed by atoms with van der Waals surface area (Å²) in [5.41, 5.74) is 2.55. The second-order valence-electron chi connectivity index (χ2n) is 6.71. The molecule has 2 aromatic heterocycles. The highest BCUT2D eigenvalue weighted by atomic mass is 32.2. The van der Waals surface area contributed by atoms with Crippen LogP contribution in [0.3, 0.4) is 0 Å². The number of thioether (sulfide) groups is 1. The van der Waals surface area contributed by atoms with Crippen molar-refractivity contribution in [3.63, 3.8) is 0 Å². The summed E-state index contributed by atoms with van der Waals surface area (Å²) in [4.78, 5) is 23.2. The molecular weight excluding hydrogens is 444 g/mol. The smallest absolute Gasteiger partial charge is 0.230 e. The van der Waals surface area contributed by atoms with Gasteiger partial charge >= 0.3 is 0 Å². The molecule has 0 aliphatic rings. The molecule has 4 aromatic rings. The Labute approximate surface area is 194 Å². The number of nitrogens with zero attached hydrogens (tertiary/aromatic N) is 4. The van der Waals surface area contributed by atoms with Crippen LogP contribution in [-0.2, 0) is 10.5 Å². The number of carbonyl (C=O) groups is 1. The van der Waals surface area contributed by atoms with Crippen LogP contribution in [-0.4, -0.2) is 34.7 Å². The molecule has 7 nitrogen and oxygen atoms in total. The first kappa shape index (κ1) is 21.9. The van der Waals surface area contributed by atoms with E-state index < -0.39 is 0 Å². The fraction of sp³-hybridized carbons (Fsp3) is 0.174. The minimum absolute atomic E-state index is 0.127. The van der Waals surface area contributed by atoms with Crippen molar-refractivity contribution in [2.75, 3.05) is 19.1 Å². The van der Waals surface area contributed by atoms with E-state index in [0.29, 0.717) is 22.3 Å². The summed E-state index contributed by atoms with van der Waals surface area (Å²) >= 11 is 3.01. The number of ether oxygens (including phenoxy) is 2. The highest BCUT2D eigenvalue weighted by molar-refractivity contribution is 7.98. The van der Waals surface area contributed by atoms with Crippen LogP contribution in [0.15, 0.2) is 71.5 Å². The average molecular weight is 467 g/mol. The zero-order valence-corrected chi connectivity index (χ0v) is 19.5. The number of carbonyl (C=O) groups excluding carboxylic acids is 1.